The lowest BCUT2D eigenvalue weighted by atomic mass is 9.93. The molecule has 0 fully saturated rings. The molecule has 12 heavy (non-hydrogen) atoms. The van der Waals surface area contributed by atoms with Crippen LogP contribution in [0.5, 0.6) is 0 Å². The Labute approximate surface area is 74.2 Å². The van der Waals surface area contributed by atoms with Crippen LogP contribution in [-0.2, 0) is 6.42 Å². The summed E-state index contributed by atoms with van der Waals surface area (Å²) in [5, 5.41) is 0. The average molecular weight is 163 g/mol. The number of aryl methyl sites for hydroxylation is 1. The maximum absolute atomic E-state index is 3.32. The van der Waals surface area contributed by atoms with Crippen LogP contribution in [-0.4, -0.2) is 4.98 Å². The quantitative estimate of drug-likeness (QED) is 0.689. The molecule has 0 aromatic carbocycles. The van der Waals surface area contributed by atoms with Crippen LogP contribution in [0.1, 0.15) is 43.9 Å². The molecule has 0 saturated heterocycles. The molecule has 1 aromatic heterocycles. The Bertz CT molecular complexity index is 260. The summed E-state index contributed by atoms with van der Waals surface area (Å²) in [5.41, 5.74) is 3.07. The van der Waals surface area contributed by atoms with Gasteiger partial charge in [-0.25, -0.2) is 0 Å². The molecule has 1 aromatic rings. The third-order valence-electron chi connectivity index (χ3n) is 2.81. The van der Waals surface area contributed by atoms with Gasteiger partial charge in [0, 0.05) is 11.9 Å². The van der Waals surface area contributed by atoms with Crippen LogP contribution in [0.3, 0.4) is 0 Å². The van der Waals surface area contributed by atoms with Gasteiger partial charge in [-0.2, -0.15) is 0 Å². The standard InChI is InChI=1S/C11H17N/c1-8(2)7-9-3-4-11-10(9)5-6-12-11/h5-6,8-9,12H,3-4,7H2,1-2H3. The van der Waals surface area contributed by atoms with Gasteiger partial charge >= 0.3 is 0 Å². The molecule has 1 N–H and O–H groups in total. The molecule has 2 rings (SSSR count). The number of hydrogen-bond donors (Lipinski definition) is 1. The monoisotopic (exact) mass is 163 g/mol. The van der Waals surface area contributed by atoms with E-state index in [1.165, 1.54) is 25.0 Å². The Morgan fingerprint density at radius 1 is 1.58 bits per heavy atom. The van der Waals surface area contributed by atoms with Crippen molar-refractivity contribution < 1.29 is 0 Å². The van der Waals surface area contributed by atoms with Gasteiger partial charge in [0.05, 0.1) is 0 Å². The van der Waals surface area contributed by atoms with E-state index < -0.39 is 0 Å². The summed E-state index contributed by atoms with van der Waals surface area (Å²) < 4.78 is 0. The molecule has 0 spiro atoms. The second kappa shape index (κ2) is 2.96. The van der Waals surface area contributed by atoms with Gasteiger partial charge in [0.15, 0.2) is 0 Å². The summed E-state index contributed by atoms with van der Waals surface area (Å²) >= 11 is 0. The average Bonchev–Trinajstić information content (AvgIpc) is 2.52. The first-order valence-corrected chi connectivity index (χ1v) is 4.93. The molecule has 1 aliphatic rings. The summed E-state index contributed by atoms with van der Waals surface area (Å²) in [6, 6.07) is 2.26. The lowest BCUT2D eigenvalue weighted by Crippen LogP contribution is -1.97. The molecular weight excluding hydrogens is 146 g/mol. The number of aromatic nitrogens is 1. The predicted molar refractivity (Wildman–Crippen MR) is 51.3 cm³/mol. The Hall–Kier alpha value is -0.720. The van der Waals surface area contributed by atoms with Crippen molar-refractivity contribution >= 4 is 0 Å². The molecule has 1 heteroatoms. The zero-order chi connectivity index (χ0) is 8.55. The van der Waals surface area contributed by atoms with E-state index in [0.29, 0.717) is 0 Å². The molecule has 0 bridgehead atoms. The second-order valence-corrected chi connectivity index (χ2v) is 4.28. The third-order valence-corrected chi connectivity index (χ3v) is 2.81. The molecule has 0 radical (unpaired) electrons. The first-order chi connectivity index (χ1) is 5.77. The fourth-order valence-electron chi connectivity index (χ4n) is 2.30. The van der Waals surface area contributed by atoms with E-state index in [1.807, 2.05) is 0 Å². The van der Waals surface area contributed by atoms with Gasteiger partial charge in [-0.3, -0.25) is 0 Å². The van der Waals surface area contributed by atoms with Gasteiger partial charge in [-0.1, -0.05) is 13.8 Å². The minimum Gasteiger partial charge on any atom is -0.365 e. The summed E-state index contributed by atoms with van der Waals surface area (Å²) in [4.78, 5) is 3.32. The van der Waals surface area contributed by atoms with Crippen molar-refractivity contribution in [3.05, 3.63) is 23.5 Å². The van der Waals surface area contributed by atoms with Crippen LogP contribution in [0.2, 0.25) is 0 Å². The van der Waals surface area contributed by atoms with Gasteiger partial charge in [-0.05, 0) is 42.7 Å². The second-order valence-electron chi connectivity index (χ2n) is 4.28. The van der Waals surface area contributed by atoms with Crippen molar-refractivity contribution in [2.45, 2.75) is 39.0 Å². The normalized spacial score (nSPS) is 21.8. The topological polar surface area (TPSA) is 15.8 Å². The highest BCUT2D eigenvalue weighted by atomic mass is 14.7. The summed E-state index contributed by atoms with van der Waals surface area (Å²) in [7, 11) is 0. The van der Waals surface area contributed by atoms with Crippen LogP contribution < -0.4 is 0 Å². The largest absolute Gasteiger partial charge is 0.365 e. The first kappa shape index (κ1) is 7.90. The fourth-order valence-corrected chi connectivity index (χ4v) is 2.30. The van der Waals surface area contributed by atoms with Gasteiger partial charge in [0.1, 0.15) is 0 Å². The molecule has 0 saturated carbocycles. The fraction of sp³-hybridized carbons (Fsp3) is 0.636. The van der Waals surface area contributed by atoms with Crippen LogP contribution >= 0.6 is 0 Å². The van der Waals surface area contributed by atoms with Crippen LogP contribution in [0, 0.1) is 5.92 Å². The molecule has 1 nitrogen and oxygen atoms in total. The van der Waals surface area contributed by atoms with Gasteiger partial charge in [-0.15, -0.1) is 0 Å². The Morgan fingerprint density at radius 2 is 2.42 bits per heavy atom. The number of rotatable bonds is 2. The minimum absolute atomic E-state index is 0.829. The SMILES string of the molecule is CC(C)CC1CCc2[nH]ccc21. The molecule has 1 unspecified atom stereocenters. The lowest BCUT2D eigenvalue weighted by molar-refractivity contribution is 0.497. The van der Waals surface area contributed by atoms with Crippen LogP contribution in [0.4, 0.5) is 0 Å². The lowest BCUT2D eigenvalue weighted by Gasteiger charge is -2.11. The van der Waals surface area contributed by atoms with E-state index >= 15 is 0 Å². The zero-order valence-corrected chi connectivity index (χ0v) is 7.93. The molecule has 0 aliphatic heterocycles. The molecular formula is C11H17N. The van der Waals surface area contributed by atoms with E-state index in [0.717, 1.165) is 11.8 Å². The van der Waals surface area contributed by atoms with Gasteiger partial charge in [0.25, 0.3) is 0 Å². The minimum atomic E-state index is 0.829. The van der Waals surface area contributed by atoms with Crippen LogP contribution in [0.25, 0.3) is 0 Å². The highest BCUT2D eigenvalue weighted by Crippen LogP contribution is 2.36. The van der Waals surface area contributed by atoms with E-state index in [9.17, 15) is 0 Å². The van der Waals surface area contributed by atoms with Crippen molar-refractivity contribution in [2.75, 3.05) is 0 Å². The van der Waals surface area contributed by atoms with E-state index in [4.69, 9.17) is 0 Å². The molecule has 1 aliphatic carbocycles. The Kier molecular flexibility index (Phi) is 1.95. The highest BCUT2D eigenvalue weighted by molar-refractivity contribution is 5.29. The number of nitrogens with one attached hydrogen (secondary N) is 1. The highest BCUT2D eigenvalue weighted by Gasteiger charge is 2.23. The number of aromatic amines is 1. The Balaban J connectivity index is 2.12. The molecule has 66 valence electrons. The summed E-state index contributed by atoms with van der Waals surface area (Å²) in [6.45, 7) is 4.62. The van der Waals surface area contributed by atoms with Crippen LogP contribution in [0.15, 0.2) is 12.3 Å². The van der Waals surface area contributed by atoms with E-state index in [-0.39, 0.29) is 0 Å². The van der Waals surface area contributed by atoms with Crippen molar-refractivity contribution in [3.8, 4) is 0 Å². The molecule has 1 heterocycles. The van der Waals surface area contributed by atoms with Gasteiger partial charge in [0.2, 0.25) is 0 Å². The number of H-pyrrole nitrogens is 1. The van der Waals surface area contributed by atoms with Gasteiger partial charge < -0.3 is 4.98 Å². The van der Waals surface area contributed by atoms with E-state index in [1.54, 1.807) is 5.56 Å². The summed E-state index contributed by atoms with van der Waals surface area (Å²) in [5.74, 6) is 1.67. The zero-order valence-electron chi connectivity index (χ0n) is 7.93. The maximum atomic E-state index is 3.32. The molecule has 1 atom stereocenters. The van der Waals surface area contributed by atoms with Crippen molar-refractivity contribution in [1.82, 2.24) is 4.98 Å². The van der Waals surface area contributed by atoms with E-state index in [2.05, 4.69) is 31.1 Å². The number of fused-ring (bicyclic) bond motifs is 1. The summed E-state index contributed by atoms with van der Waals surface area (Å²) in [6.07, 6.45) is 6.06. The smallest absolute Gasteiger partial charge is 0.0182 e. The third kappa shape index (κ3) is 1.28. The van der Waals surface area contributed by atoms with Crippen molar-refractivity contribution in [1.29, 1.82) is 0 Å². The molecule has 0 amide bonds. The number of hydrogen-bond acceptors (Lipinski definition) is 0. The first-order valence-electron chi connectivity index (χ1n) is 4.93. The van der Waals surface area contributed by atoms with Crippen molar-refractivity contribution in [3.63, 3.8) is 0 Å². The Morgan fingerprint density at radius 3 is 3.17 bits per heavy atom. The maximum Gasteiger partial charge on any atom is 0.0182 e. The van der Waals surface area contributed by atoms with Crippen molar-refractivity contribution in [2.24, 2.45) is 5.92 Å². The predicted octanol–water partition coefficient (Wildman–Crippen LogP) is 3.09.